The van der Waals surface area contributed by atoms with E-state index < -0.39 is 21.8 Å². The fraction of sp³-hybridized carbons (Fsp3) is 0.519. The summed E-state index contributed by atoms with van der Waals surface area (Å²) in [6.45, 7) is 55.4. The second-order valence-electron chi connectivity index (χ2n) is 32.5. The number of carbonyl (C=O) groups excluding carboxylic acids is 1. The van der Waals surface area contributed by atoms with Crippen LogP contribution < -0.4 is 41.3 Å². The van der Waals surface area contributed by atoms with Crippen molar-refractivity contribution in [2.24, 2.45) is 0 Å². The van der Waals surface area contributed by atoms with E-state index in [4.69, 9.17) is 37.4 Å². The van der Waals surface area contributed by atoms with Gasteiger partial charge in [-0.3, -0.25) is 0 Å². The van der Waals surface area contributed by atoms with Crippen LogP contribution in [0.15, 0.2) is 97.1 Å². The van der Waals surface area contributed by atoms with E-state index in [-0.39, 0.29) is 56.0 Å². The largest absolute Gasteiger partial charge is 0.488 e. The molecule has 460 valence electrons. The number of esters is 1. The molecule has 0 spiro atoms. The Morgan fingerprint density at radius 2 is 0.659 bits per heavy atom. The van der Waals surface area contributed by atoms with Gasteiger partial charge in [0.05, 0.1) is 23.3 Å². The zero-order valence-corrected chi connectivity index (χ0v) is 60.1. The lowest BCUT2D eigenvalue weighted by Crippen LogP contribution is -2.31. The quantitative estimate of drug-likeness (QED) is 0.0905. The van der Waals surface area contributed by atoms with Crippen molar-refractivity contribution < 1.29 is 19.0 Å². The van der Waals surface area contributed by atoms with Crippen LogP contribution in [0.1, 0.15) is 243 Å². The van der Waals surface area contributed by atoms with Crippen molar-refractivity contribution in [1.29, 1.82) is 0 Å². The van der Waals surface area contributed by atoms with Crippen molar-refractivity contribution in [2.45, 2.75) is 248 Å². The minimum Gasteiger partial charge on any atom is -0.488 e. The number of methoxy groups -OCH3 is 1. The number of hydrogen-bond donors (Lipinski definition) is 0. The van der Waals surface area contributed by atoms with E-state index in [0.717, 1.165) is 53.8 Å². The maximum absolute atomic E-state index is 13.7. The predicted octanol–water partition coefficient (Wildman–Crippen LogP) is 19.8. The third-order valence-electron chi connectivity index (χ3n) is 16.9. The zero-order valence-electron chi connectivity index (χ0n) is 56.8. The highest BCUT2D eigenvalue weighted by atomic mass is 35.5. The molecule has 4 nitrogen and oxygen atoms in total. The van der Waals surface area contributed by atoms with E-state index in [0.29, 0.717) is 21.5 Å². The third kappa shape index (κ3) is 16.2. The van der Waals surface area contributed by atoms with E-state index in [1.807, 2.05) is 6.07 Å². The van der Waals surface area contributed by atoms with Gasteiger partial charge in [0.15, 0.2) is 6.61 Å². The molecule has 0 N–H and O–H groups in total. The lowest BCUT2D eigenvalue weighted by Gasteiger charge is -2.34. The van der Waals surface area contributed by atoms with Crippen molar-refractivity contribution in [3.05, 3.63) is 152 Å². The number of hydrogen-bond acceptors (Lipinski definition) is 4. The summed E-state index contributed by atoms with van der Waals surface area (Å²) in [4.78, 5) is 13.7. The van der Waals surface area contributed by atoms with E-state index in [2.05, 4.69) is 257 Å². The van der Waals surface area contributed by atoms with Crippen LogP contribution in [0.3, 0.4) is 0 Å². The minimum absolute atomic E-state index is 0.0842. The lowest BCUT2D eigenvalue weighted by molar-refractivity contribution is -0.142. The highest BCUT2D eigenvalue weighted by Gasteiger charge is 2.38. The molecule has 0 amide bonds. The highest BCUT2D eigenvalue weighted by Crippen LogP contribution is 2.53. The van der Waals surface area contributed by atoms with Gasteiger partial charge in [0.2, 0.25) is 0 Å². The van der Waals surface area contributed by atoms with Crippen molar-refractivity contribution >= 4 is 76.8 Å². The first-order chi connectivity index (χ1) is 38.9. The summed E-state index contributed by atoms with van der Waals surface area (Å²) in [6.07, 6.45) is 5.02. The number of halogens is 2. The molecular formula is C77H104Cl2O4P2. The molecule has 1 aliphatic rings. The summed E-state index contributed by atoms with van der Waals surface area (Å²) in [5, 5.41) is 7.87. The average Bonchev–Trinajstić information content (AvgIpc) is 1.77. The predicted molar refractivity (Wildman–Crippen MR) is 374 cm³/mol. The maximum Gasteiger partial charge on any atom is 0.343 e. The van der Waals surface area contributed by atoms with Crippen LogP contribution in [0, 0.1) is 0 Å². The Labute approximate surface area is 528 Å². The highest BCUT2D eigenvalue weighted by molar-refractivity contribution is 7.80. The van der Waals surface area contributed by atoms with Gasteiger partial charge in [-0.1, -0.05) is 281 Å². The van der Waals surface area contributed by atoms with Crippen LogP contribution in [-0.2, 0) is 52.9 Å². The minimum atomic E-state index is -1.51. The molecule has 1 fully saturated rings. The van der Waals surface area contributed by atoms with E-state index in [1.165, 1.54) is 72.8 Å². The van der Waals surface area contributed by atoms with Gasteiger partial charge in [0.25, 0.3) is 0 Å². The van der Waals surface area contributed by atoms with Crippen molar-refractivity contribution in [3.8, 4) is 22.6 Å². The number of ether oxygens (including phenoxy) is 3. The smallest absolute Gasteiger partial charge is 0.343 e. The molecule has 0 atom stereocenters. The van der Waals surface area contributed by atoms with Crippen LogP contribution in [-0.4, -0.2) is 25.8 Å². The van der Waals surface area contributed by atoms with Gasteiger partial charge < -0.3 is 14.2 Å². The molecule has 7 rings (SSSR count). The van der Waals surface area contributed by atoms with Crippen LogP contribution in [0.2, 0.25) is 10.0 Å². The Bertz CT molecular complexity index is 3120. The van der Waals surface area contributed by atoms with Gasteiger partial charge in [-0.2, -0.15) is 0 Å². The standard InChI is InChI=1S/C77H104Cl2O4P2/c1-70(2,3)48-35-49(71(4,5)6)40-57(39-48)84(58-41-50(72(7,8)9)36-51(42-58)73(10,11)12)63-33-31-61(78)68(82-47-65(80)81-25)66(63)67-64(34-32-62(79)69(67)83-56-29-27-26-28-30-56)85(59-43-52(74(13,14)15)37-53(44-59)75(16,17)18)60-45-54(76(19,20)21)38-55(46-60)77(22,23)24/h31-46,56H,26-30,47H2,1-25H3. The second kappa shape index (κ2) is 25.0. The molecular weight excluding hydrogens is 1120 g/mol. The van der Waals surface area contributed by atoms with Gasteiger partial charge in [0.1, 0.15) is 11.5 Å². The molecule has 0 heterocycles. The van der Waals surface area contributed by atoms with Crippen LogP contribution in [0.5, 0.6) is 11.5 Å². The summed E-state index contributed by atoms with van der Waals surface area (Å²) in [7, 11) is -1.59. The Morgan fingerprint density at radius 1 is 0.400 bits per heavy atom. The van der Waals surface area contributed by atoms with Crippen molar-refractivity contribution in [1.82, 2.24) is 0 Å². The molecule has 0 saturated heterocycles. The van der Waals surface area contributed by atoms with Crippen LogP contribution in [0.4, 0.5) is 0 Å². The molecule has 0 radical (unpaired) electrons. The fourth-order valence-electron chi connectivity index (χ4n) is 11.0. The molecule has 6 aromatic rings. The summed E-state index contributed by atoms with van der Waals surface area (Å²) in [5.41, 5.74) is 10.3. The van der Waals surface area contributed by atoms with Gasteiger partial charge in [-0.25, -0.2) is 4.79 Å². The first kappa shape index (κ1) is 68.3. The average molecular weight is 1230 g/mol. The van der Waals surface area contributed by atoms with E-state index in [1.54, 1.807) is 0 Å². The SMILES string of the molecule is COC(=O)COc1c(Cl)ccc(P(c2cc(C(C)(C)C)cc(C(C)(C)C)c2)c2cc(C(C)(C)C)cc(C(C)(C)C)c2)c1-c1c(P(c2cc(C(C)(C)C)cc(C(C)(C)C)c2)c2cc(C(C)(C)C)cc(C(C)(C)C)c2)ccc(Cl)c1OC1CCCCC1. The Hall–Kier alpha value is -4.17. The topological polar surface area (TPSA) is 44.8 Å². The molecule has 8 heteroatoms. The lowest BCUT2D eigenvalue weighted by atomic mass is 9.81. The Balaban J connectivity index is 1.85. The number of carbonyl (C=O) groups is 1. The molecule has 0 aromatic heterocycles. The third-order valence-corrected chi connectivity index (χ3v) is 22.3. The normalized spacial score (nSPS) is 14.6. The summed E-state index contributed by atoms with van der Waals surface area (Å²) >= 11 is 15.7. The molecule has 85 heavy (non-hydrogen) atoms. The molecule has 1 aliphatic carbocycles. The van der Waals surface area contributed by atoms with Crippen LogP contribution in [0.25, 0.3) is 11.1 Å². The molecule has 0 unspecified atom stereocenters. The summed E-state index contributed by atoms with van der Waals surface area (Å²) in [6, 6.07) is 38.1. The Kier molecular flexibility index (Phi) is 20.1. The Morgan fingerprint density at radius 3 is 0.918 bits per heavy atom. The first-order valence-electron chi connectivity index (χ1n) is 31.1. The zero-order chi connectivity index (χ0) is 63.5. The summed E-state index contributed by atoms with van der Waals surface area (Å²) < 4.78 is 20.1. The molecule has 0 aliphatic heterocycles. The second-order valence-corrected chi connectivity index (χ2v) is 37.7. The maximum atomic E-state index is 13.7. The molecule has 1 saturated carbocycles. The van der Waals surface area contributed by atoms with Crippen LogP contribution >= 0.6 is 39.0 Å². The van der Waals surface area contributed by atoms with Gasteiger partial charge in [0, 0.05) is 11.1 Å². The number of benzene rings is 6. The summed E-state index contributed by atoms with van der Waals surface area (Å²) in [5.74, 6) is 0.501. The first-order valence-corrected chi connectivity index (χ1v) is 34.6. The van der Waals surface area contributed by atoms with Gasteiger partial charge in [-0.15, -0.1) is 0 Å². The van der Waals surface area contributed by atoms with Crippen molar-refractivity contribution in [3.63, 3.8) is 0 Å². The van der Waals surface area contributed by atoms with Crippen molar-refractivity contribution in [2.75, 3.05) is 13.7 Å². The monoisotopic (exact) mass is 1220 g/mol. The van der Waals surface area contributed by atoms with Gasteiger partial charge >= 0.3 is 5.97 Å². The van der Waals surface area contributed by atoms with Gasteiger partial charge in [-0.05, 0) is 173 Å². The molecule has 6 aromatic carbocycles. The number of rotatable bonds is 12. The van der Waals surface area contributed by atoms with E-state index in [9.17, 15) is 4.79 Å². The van der Waals surface area contributed by atoms with E-state index >= 15 is 0 Å². The molecule has 0 bridgehead atoms. The fourth-order valence-corrected chi connectivity index (χ4v) is 16.6.